The predicted octanol–water partition coefficient (Wildman–Crippen LogP) is 5.68. The van der Waals surface area contributed by atoms with E-state index in [1.807, 2.05) is 52.0 Å². The molecule has 0 radical (unpaired) electrons. The van der Waals surface area contributed by atoms with Gasteiger partial charge in [0, 0.05) is 20.1 Å². The molecular formula is C17H16Br2O. The molecule has 2 aromatic rings. The minimum absolute atomic E-state index is 0.0776. The molecule has 0 atom stereocenters. The third-order valence-electron chi connectivity index (χ3n) is 3.47. The summed E-state index contributed by atoms with van der Waals surface area (Å²) in [6, 6.07) is 7.98. The third kappa shape index (κ3) is 2.89. The summed E-state index contributed by atoms with van der Waals surface area (Å²) in [5.74, 6) is 0.0776. The molecule has 0 amide bonds. The zero-order chi connectivity index (χ0) is 15.0. The quantitative estimate of drug-likeness (QED) is 0.598. The highest BCUT2D eigenvalue weighted by molar-refractivity contribution is 9.10. The van der Waals surface area contributed by atoms with E-state index in [4.69, 9.17) is 0 Å². The Morgan fingerprint density at radius 2 is 1.10 bits per heavy atom. The average molecular weight is 396 g/mol. The van der Waals surface area contributed by atoms with E-state index in [1.54, 1.807) is 0 Å². The summed E-state index contributed by atoms with van der Waals surface area (Å²) < 4.78 is 1.95. The van der Waals surface area contributed by atoms with Crippen molar-refractivity contribution in [3.63, 3.8) is 0 Å². The van der Waals surface area contributed by atoms with Gasteiger partial charge in [-0.1, -0.05) is 31.9 Å². The Morgan fingerprint density at radius 1 is 0.750 bits per heavy atom. The van der Waals surface area contributed by atoms with Gasteiger partial charge in [0.25, 0.3) is 0 Å². The minimum Gasteiger partial charge on any atom is -0.289 e. The second kappa shape index (κ2) is 5.82. The number of aryl methyl sites for hydroxylation is 2. The molecule has 0 N–H and O–H groups in total. The predicted molar refractivity (Wildman–Crippen MR) is 90.7 cm³/mol. The summed E-state index contributed by atoms with van der Waals surface area (Å²) in [6.45, 7) is 7.94. The van der Waals surface area contributed by atoms with Crippen LogP contribution < -0.4 is 0 Å². The van der Waals surface area contributed by atoms with Crippen LogP contribution in [0.5, 0.6) is 0 Å². The first kappa shape index (κ1) is 15.5. The van der Waals surface area contributed by atoms with Crippen molar-refractivity contribution >= 4 is 37.6 Å². The molecule has 0 aliphatic rings. The molecule has 0 unspecified atom stereocenters. The van der Waals surface area contributed by atoms with Gasteiger partial charge in [0.1, 0.15) is 0 Å². The lowest BCUT2D eigenvalue weighted by Crippen LogP contribution is -2.07. The normalized spacial score (nSPS) is 10.7. The first-order chi connectivity index (χ1) is 9.31. The topological polar surface area (TPSA) is 17.1 Å². The molecule has 0 saturated carbocycles. The maximum absolute atomic E-state index is 12.9. The van der Waals surface area contributed by atoms with E-state index in [0.29, 0.717) is 0 Å². The molecule has 3 heteroatoms. The maximum atomic E-state index is 12.9. The van der Waals surface area contributed by atoms with Crippen LogP contribution in [0.25, 0.3) is 0 Å². The van der Waals surface area contributed by atoms with Crippen molar-refractivity contribution in [1.29, 1.82) is 0 Å². The van der Waals surface area contributed by atoms with Gasteiger partial charge in [0.05, 0.1) is 0 Å². The number of rotatable bonds is 2. The van der Waals surface area contributed by atoms with E-state index in [9.17, 15) is 4.79 Å². The van der Waals surface area contributed by atoms with Crippen LogP contribution in [0.15, 0.2) is 33.2 Å². The van der Waals surface area contributed by atoms with E-state index < -0.39 is 0 Å². The Balaban J connectivity index is 2.64. The Morgan fingerprint density at radius 3 is 1.45 bits per heavy atom. The third-order valence-corrected chi connectivity index (χ3v) is 5.11. The van der Waals surface area contributed by atoms with Crippen molar-refractivity contribution in [2.24, 2.45) is 0 Å². The number of carbonyl (C=O) groups excluding carboxylic acids is 1. The second-order valence-electron chi connectivity index (χ2n) is 5.17. The van der Waals surface area contributed by atoms with Crippen LogP contribution >= 0.6 is 31.9 Å². The van der Waals surface area contributed by atoms with Crippen LogP contribution in [0.3, 0.4) is 0 Å². The summed E-state index contributed by atoms with van der Waals surface area (Å²) in [6.07, 6.45) is 0. The lowest BCUT2D eigenvalue weighted by molar-refractivity contribution is 0.103. The van der Waals surface area contributed by atoms with Crippen LogP contribution in [0.4, 0.5) is 0 Å². The molecule has 104 valence electrons. The molecular weight excluding hydrogens is 380 g/mol. The van der Waals surface area contributed by atoms with Gasteiger partial charge in [-0.25, -0.2) is 0 Å². The lowest BCUT2D eigenvalue weighted by Gasteiger charge is -2.12. The monoisotopic (exact) mass is 394 g/mol. The van der Waals surface area contributed by atoms with Crippen molar-refractivity contribution in [2.75, 3.05) is 0 Å². The number of hydrogen-bond donors (Lipinski definition) is 0. The molecule has 0 bridgehead atoms. The van der Waals surface area contributed by atoms with Gasteiger partial charge in [-0.05, 0) is 74.2 Å². The molecule has 0 aliphatic heterocycles. The zero-order valence-electron chi connectivity index (χ0n) is 12.0. The van der Waals surface area contributed by atoms with E-state index >= 15 is 0 Å². The van der Waals surface area contributed by atoms with Gasteiger partial charge in [-0.15, -0.1) is 0 Å². The van der Waals surface area contributed by atoms with Crippen LogP contribution in [0.1, 0.15) is 38.2 Å². The second-order valence-corrected chi connectivity index (χ2v) is 6.88. The minimum atomic E-state index is 0.0776. The van der Waals surface area contributed by atoms with Crippen LogP contribution in [0.2, 0.25) is 0 Å². The van der Waals surface area contributed by atoms with Crippen molar-refractivity contribution < 1.29 is 4.79 Å². The first-order valence-electron chi connectivity index (χ1n) is 6.39. The summed E-state index contributed by atoms with van der Waals surface area (Å²) >= 11 is 7.05. The fraction of sp³-hybridized carbons (Fsp3) is 0.235. The standard InChI is InChI=1S/C17H16Br2O/c1-9-5-13(11(3)15(18)7-9)17(20)14-6-10(2)8-16(19)12(14)4/h5-8H,1-4H3. The summed E-state index contributed by atoms with van der Waals surface area (Å²) in [4.78, 5) is 12.9. The number of benzene rings is 2. The van der Waals surface area contributed by atoms with Crippen molar-refractivity contribution in [1.82, 2.24) is 0 Å². The molecule has 0 aromatic heterocycles. The Hall–Kier alpha value is -0.930. The number of hydrogen-bond acceptors (Lipinski definition) is 1. The SMILES string of the molecule is Cc1cc(Br)c(C)c(C(=O)c2cc(C)cc(Br)c2C)c1. The van der Waals surface area contributed by atoms with Crippen molar-refractivity contribution in [3.8, 4) is 0 Å². The van der Waals surface area contributed by atoms with Crippen LogP contribution in [0, 0.1) is 27.7 Å². The average Bonchev–Trinajstić information content (AvgIpc) is 2.37. The fourth-order valence-corrected chi connectivity index (χ4v) is 3.39. The van der Waals surface area contributed by atoms with Crippen molar-refractivity contribution in [2.45, 2.75) is 27.7 Å². The summed E-state index contributed by atoms with van der Waals surface area (Å²) in [5.41, 5.74) is 5.65. The number of carbonyl (C=O) groups is 1. The molecule has 2 aromatic carbocycles. The van der Waals surface area contributed by atoms with E-state index in [-0.39, 0.29) is 5.78 Å². The number of halogens is 2. The number of ketones is 1. The van der Waals surface area contributed by atoms with Crippen LogP contribution in [-0.2, 0) is 0 Å². The van der Waals surface area contributed by atoms with Gasteiger partial charge >= 0.3 is 0 Å². The summed E-state index contributed by atoms with van der Waals surface area (Å²) in [7, 11) is 0. The summed E-state index contributed by atoms with van der Waals surface area (Å²) in [5, 5.41) is 0. The van der Waals surface area contributed by atoms with Gasteiger partial charge in [-0.3, -0.25) is 4.79 Å². The molecule has 0 spiro atoms. The fourth-order valence-electron chi connectivity index (χ4n) is 2.25. The highest BCUT2D eigenvalue weighted by atomic mass is 79.9. The molecule has 20 heavy (non-hydrogen) atoms. The lowest BCUT2D eigenvalue weighted by atomic mass is 9.94. The Labute approximate surface area is 136 Å². The van der Waals surface area contributed by atoms with Gasteiger partial charge in [0.2, 0.25) is 0 Å². The molecule has 0 fully saturated rings. The largest absolute Gasteiger partial charge is 0.289 e. The van der Waals surface area contributed by atoms with Gasteiger partial charge < -0.3 is 0 Å². The Bertz CT molecular complexity index is 643. The highest BCUT2D eigenvalue weighted by Crippen LogP contribution is 2.28. The van der Waals surface area contributed by atoms with E-state index in [0.717, 1.165) is 42.3 Å². The van der Waals surface area contributed by atoms with Crippen LogP contribution in [-0.4, -0.2) is 5.78 Å². The van der Waals surface area contributed by atoms with Gasteiger partial charge in [0.15, 0.2) is 5.78 Å². The molecule has 0 saturated heterocycles. The zero-order valence-corrected chi connectivity index (χ0v) is 15.1. The smallest absolute Gasteiger partial charge is 0.193 e. The highest BCUT2D eigenvalue weighted by Gasteiger charge is 2.17. The molecule has 1 nitrogen and oxygen atoms in total. The van der Waals surface area contributed by atoms with E-state index in [2.05, 4.69) is 31.9 Å². The first-order valence-corrected chi connectivity index (χ1v) is 7.98. The van der Waals surface area contributed by atoms with E-state index in [1.165, 1.54) is 0 Å². The molecule has 2 rings (SSSR count). The van der Waals surface area contributed by atoms with Gasteiger partial charge in [-0.2, -0.15) is 0 Å². The molecule has 0 heterocycles. The van der Waals surface area contributed by atoms with Crippen molar-refractivity contribution in [3.05, 3.63) is 66.6 Å². The molecule has 0 aliphatic carbocycles. The Kier molecular flexibility index (Phi) is 4.50. The maximum Gasteiger partial charge on any atom is 0.193 e.